The highest BCUT2D eigenvalue weighted by atomic mass is 16.4. The summed E-state index contributed by atoms with van der Waals surface area (Å²) in [5.41, 5.74) is 0. The molecule has 0 spiro atoms. The van der Waals surface area contributed by atoms with Crippen molar-refractivity contribution in [2.45, 2.75) is 44.6 Å². The third kappa shape index (κ3) is 2.82. The quantitative estimate of drug-likeness (QED) is 0.772. The fraction of sp³-hybridized carbons (Fsp3) is 0.733. The monoisotopic (exact) mass is 263 g/mol. The van der Waals surface area contributed by atoms with Gasteiger partial charge >= 0.3 is 5.97 Å². The van der Waals surface area contributed by atoms with Gasteiger partial charge in [-0.15, -0.1) is 0 Å². The van der Waals surface area contributed by atoms with Crippen molar-refractivity contribution in [3.05, 3.63) is 12.2 Å². The Morgan fingerprint density at radius 1 is 1.05 bits per heavy atom. The summed E-state index contributed by atoms with van der Waals surface area (Å²) in [6.45, 7) is 0.857. The summed E-state index contributed by atoms with van der Waals surface area (Å²) in [5.74, 6) is -0.942. The van der Waals surface area contributed by atoms with Crippen LogP contribution in [0, 0.1) is 17.8 Å². The summed E-state index contributed by atoms with van der Waals surface area (Å²) in [6.07, 6.45) is 9.58. The molecule has 0 bridgehead atoms. The fourth-order valence-electron chi connectivity index (χ4n) is 2.96. The van der Waals surface area contributed by atoms with E-state index in [9.17, 15) is 14.7 Å². The molecule has 1 N–H and O–H groups in total. The number of amides is 1. The lowest BCUT2D eigenvalue weighted by atomic mass is 9.82. The molecule has 0 unspecified atom stereocenters. The van der Waals surface area contributed by atoms with Crippen LogP contribution in [0.4, 0.5) is 0 Å². The first-order valence-corrected chi connectivity index (χ1v) is 7.35. The molecule has 4 nitrogen and oxygen atoms in total. The van der Waals surface area contributed by atoms with Crippen LogP contribution in [-0.4, -0.2) is 34.5 Å². The Kier molecular flexibility index (Phi) is 3.33. The SMILES string of the molecule is O=C(O)[C@H]1CC=CC[C@H]1C(=O)N(CC1CC1)C1CC1. The zero-order valence-corrected chi connectivity index (χ0v) is 11.1. The first kappa shape index (κ1) is 12.7. The number of rotatable bonds is 5. The number of hydrogen-bond acceptors (Lipinski definition) is 2. The second-order valence-corrected chi connectivity index (χ2v) is 6.16. The largest absolute Gasteiger partial charge is 0.481 e. The molecule has 2 saturated carbocycles. The van der Waals surface area contributed by atoms with Crippen LogP contribution in [0.15, 0.2) is 12.2 Å². The van der Waals surface area contributed by atoms with E-state index in [4.69, 9.17) is 0 Å². The van der Waals surface area contributed by atoms with Gasteiger partial charge in [0.1, 0.15) is 0 Å². The predicted molar refractivity (Wildman–Crippen MR) is 70.4 cm³/mol. The van der Waals surface area contributed by atoms with E-state index in [0.717, 1.165) is 19.4 Å². The maximum atomic E-state index is 12.7. The van der Waals surface area contributed by atoms with Gasteiger partial charge in [-0.25, -0.2) is 0 Å². The molecule has 104 valence electrons. The van der Waals surface area contributed by atoms with E-state index >= 15 is 0 Å². The van der Waals surface area contributed by atoms with Crippen LogP contribution < -0.4 is 0 Å². The van der Waals surface area contributed by atoms with Gasteiger partial charge in [-0.1, -0.05) is 12.2 Å². The Balaban J connectivity index is 1.72. The summed E-state index contributed by atoms with van der Waals surface area (Å²) in [5, 5.41) is 9.28. The molecule has 0 aromatic rings. The second kappa shape index (κ2) is 4.99. The van der Waals surface area contributed by atoms with Crippen molar-refractivity contribution in [2.75, 3.05) is 6.54 Å². The van der Waals surface area contributed by atoms with Gasteiger partial charge in [0.2, 0.25) is 5.91 Å². The third-order valence-electron chi connectivity index (χ3n) is 4.49. The number of carbonyl (C=O) groups is 2. The van der Waals surface area contributed by atoms with Gasteiger partial charge in [0.05, 0.1) is 11.8 Å². The number of nitrogens with zero attached hydrogens (tertiary/aromatic N) is 1. The molecule has 0 aliphatic heterocycles. The minimum absolute atomic E-state index is 0.0890. The molecule has 0 radical (unpaired) electrons. The summed E-state index contributed by atoms with van der Waals surface area (Å²) >= 11 is 0. The minimum Gasteiger partial charge on any atom is -0.481 e. The van der Waals surface area contributed by atoms with E-state index in [0.29, 0.717) is 24.8 Å². The maximum absolute atomic E-state index is 12.7. The van der Waals surface area contributed by atoms with Crippen LogP contribution in [0.5, 0.6) is 0 Å². The van der Waals surface area contributed by atoms with Crippen molar-refractivity contribution >= 4 is 11.9 Å². The van der Waals surface area contributed by atoms with Gasteiger partial charge in [-0.05, 0) is 44.4 Å². The lowest BCUT2D eigenvalue weighted by molar-refractivity contribution is -0.151. The maximum Gasteiger partial charge on any atom is 0.307 e. The lowest BCUT2D eigenvalue weighted by Gasteiger charge is -2.31. The average Bonchev–Trinajstić information content (AvgIpc) is 3.27. The van der Waals surface area contributed by atoms with Crippen molar-refractivity contribution < 1.29 is 14.7 Å². The highest BCUT2D eigenvalue weighted by Crippen LogP contribution is 2.37. The summed E-state index contributed by atoms with van der Waals surface area (Å²) in [7, 11) is 0. The minimum atomic E-state index is -0.829. The van der Waals surface area contributed by atoms with Crippen molar-refractivity contribution in [3.63, 3.8) is 0 Å². The van der Waals surface area contributed by atoms with E-state index in [1.54, 1.807) is 0 Å². The first-order valence-electron chi connectivity index (χ1n) is 7.35. The lowest BCUT2D eigenvalue weighted by Crippen LogP contribution is -2.43. The highest BCUT2D eigenvalue weighted by molar-refractivity contribution is 5.85. The van der Waals surface area contributed by atoms with Gasteiger partial charge < -0.3 is 10.0 Å². The number of allylic oxidation sites excluding steroid dienone is 2. The standard InChI is InChI=1S/C15H21NO3/c17-14(12-3-1-2-4-13(12)15(18)19)16(11-7-8-11)9-10-5-6-10/h1-2,10-13H,3-9H2,(H,18,19)/t12-,13+/m1/s1. The second-order valence-electron chi connectivity index (χ2n) is 6.16. The predicted octanol–water partition coefficient (Wildman–Crippen LogP) is 2.05. The van der Waals surface area contributed by atoms with E-state index < -0.39 is 11.9 Å². The van der Waals surface area contributed by atoms with Gasteiger partial charge in [-0.3, -0.25) is 9.59 Å². The van der Waals surface area contributed by atoms with E-state index in [-0.39, 0.29) is 11.8 Å². The molecule has 3 aliphatic carbocycles. The van der Waals surface area contributed by atoms with E-state index in [1.807, 2.05) is 17.1 Å². The molecule has 2 fully saturated rings. The Labute approximate surface area is 113 Å². The van der Waals surface area contributed by atoms with Gasteiger partial charge in [-0.2, -0.15) is 0 Å². The van der Waals surface area contributed by atoms with Crippen LogP contribution >= 0.6 is 0 Å². The highest BCUT2D eigenvalue weighted by Gasteiger charge is 2.42. The van der Waals surface area contributed by atoms with Crippen molar-refractivity contribution in [2.24, 2.45) is 17.8 Å². The van der Waals surface area contributed by atoms with Gasteiger partial charge in [0.15, 0.2) is 0 Å². The summed E-state index contributed by atoms with van der Waals surface area (Å²) in [6, 6.07) is 0.397. The van der Waals surface area contributed by atoms with Crippen LogP contribution in [0.25, 0.3) is 0 Å². The molecule has 0 saturated heterocycles. The number of hydrogen-bond donors (Lipinski definition) is 1. The fourth-order valence-corrected chi connectivity index (χ4v) is 2.96. The van der Waals surface area contributed by atoms with E-state index in [2.05, 4.69) is 0 Å². The topological polar surface area (TPSA) is 57.6 Å². The molecule has 1 amide bonds. The molecule has 0 aromatic heterocycles. The molecular formula is C15H21NO3. The van der Waals surface area contributed by atoms with Gasteiger partial charge in [0.25, 0.3) is 0 Å². The third-order valence-corrected chi connectivity index (χ3v) is 4.49. The zero-order chi connectivity index (χ0) is 13.4. The zero-order valence-electron chi connectivity index (χ0n) is 11.1. The van der Waals surface area contributed by atoms with Crippen LogP contribution in [0.1, 0.15) is 38.5 Å². The first-order chi connectivity index (χ1) is 9.16. The van der Waals surface area contributed by atoms with Crippen LogP contribution in [-0.2, 0) is 9.59 Å². The molecule has 4 heteroatoms. The van der Waals surface area contributed by atoms with Gasteiger partial charge in [0, 0.05) is 12.6 Å². The Hall–Kier alpha value is -1.32. The Bertz CT molecular complexity index is 410. The Morgan fingerprint density at radius 2 is 1.68 bits per heavy atom. The van der Waals surface area contributed by atoms with Crippen molar-refractivity contribution in [1.29, 1.82) is 0 Å². The molecule has 0 aromatic carbocycles. The Morgan fingerprint density at radius 3 is 2.21 bits per heavy atom. The molecule has 3 aliphatic rings. The summed E-state index contributed by atoms with van der Waals surface area (Å²) < 4.78 is 0. The smallest absolute Gasteiger partial charge is 0.307 e. The number of carboxylic acids is 1. The molecule has 2 atom stereocenters. The molecular weight excluding hydrogens is 242 g/mol. The van der Waals surface area contributed by atoms with Crippen LogP contribution in [0.3, 0.4) is 0 Å². The molecule has 19 heavy (non-hydrogen) atoms. The number of carbonyl (C=O) groups excluding carboxylic acids is 1. The summed E-state index contributed by atoms with van der Waals surface area (Å²) in [4.78, 5) is 26.0. The number of aliphatic carboxylic acids is 1. The average molecular weight is 263 g/mol. The van der Waals surface area contributed by atoms with Crippen molar-refractivity contribution in [1.82, 2.24) is 4.90 Å². The van der Waals surface area contributed by atoms with Crippen molar-refractivity contribution in [3.8, 4) is 0 Å². The van der Waals surface area contributed by atoms with Crippen LogP contribution in [0.2, 0.25) is 0 Å². The number of carboxylic acid groups (broad SMARTS) is 1. The molecule has 3 rings (SSSR count). The van der Waals surface area contributed by atoms with E-state index in [1.165, 1.54) is 12.8 Å². The normalized spacial score (nSPS) is 30.1. The molecule has 0 heterocycles.